The maximum atomic E-state index is 12.5. The first kappa shape index (κ1) is 20.3. The highest BCUT2D eigenvalue weighted by Crippen LogP contribution is 2.37. The number of carbonyl (C=O) groups excluding carboxylic acids is 2. The van der Waals surface area contributed by atoms with Crippen molar-refractivity contribution in [3.05, 3.63) is 76.5 Å². The molecule has 2 N–H and O–H groups in total. The van der Waals surface area contributed by atoms with Crippen LogP contribution in [0.1, 0.15) is 20.7 Å². The molecule has 0 unspecified atom stereocenters. The van der Waals surface area contributed by atoms with Crippen LogP contribution < -0.4 is 20.1 Å². The van der Waals surface area contributed by atoms with Crippen molar-refractivity contribution in [2.45, 2.75) is 0 Å². The predicted octanol–water partition coefficient (Wildman–Crippen LogP) is 4.37. The van der Waals surface area contributed by atoms with Crippen LogP contribution >= 0.6 is 15.9 Å². The molecule has 0 fully saturated rings. The highest BCUT2D eigenvalue weighted by Gasteiger charge is 2.17. The van der Waals surface area contributed by atoms with Gasteiger partial charge in [0.1, 0.15) is 11.5 Å². The van der Waals surface area contributed by atoms with Crippen molar-refractivity contribution in [3.8, 4) is 11.5 Å². The van der Waals surface area contributed by atoms with Crippen molar-refractivity contribution in [2.24, 2.45) is 0 Å². The summed E-state index contributed by atoms with van der Waals surface area (Å²) in [6.45, 7) is 0. The monoisotopic (exact) mass is 455 g/mol. The zero-order valence-corrected chi connectivity index (χ0v) is 17.3. The Kier molecular flexibility index (Phi) is 6.46. The van der Waals surface area contributed by atoms with Crippen molar-refractivity contribution in [1.82, 2.24) is 4.98 Å². The largest absolute Gasteiger partial charge is 0.494 e. The molecule has 2 amide bonds. The number of aromatic nitrogens is 1. The Morgan fingerprint density at radius 3 is 1.69 bits per heavy atom. The molecule has 8 heteroatoms. The number of rotatable bonds is 6. The van der Waals surface area contributed by atoms with Gasteiger partial charge in [-0.05, 0) is 36.4 Å². The maximum absolute atomic E-state index is 12.5. The summed E-state index contributed by atoms with van der Waals surface area (Å²) >= 11 is 3.34. The van der Waals surface area contributed by atoms with Gasteiger partial charge >= 0.3 is 0 Å². The molecule has 7 nitrogen and oxygen atoms in total. The Labute approximate surface area is 176 Å². The van der Waals surface area contributed by atoms with E-state index in [1.165, 1.54) is 26.6 Å². The van der Waals surface area contributed by atoms with Crippen LogP contribution in [0.15, 0.2) is 65.4 Å². The number of pyridine rings is 1. The van der Waals surface area contributed by atoms with Crippen LogP contribution in [0.4, 0.5) is 11.4 Å². The molecule has 3 aromatic rings. The van der Waals surface area contributed by atoms with Gasteiger partial charge in [0.15, 0.2) is 0 Å². The Hall–Kier alpha value is -3.39. The molecular weight excluding hydrogens is 438 g/mol. The van der Waals surface area contributed by atoms with Gasteiger partial charge in [-0.1, -0.05) is 15.9 Å². The van der Waals surface area contributed by atoms with Crippen LogP contribution in [0, 0.1) is 0 Å². The molecule has 0 radical (unpaired) electrons. The molecule has 0 saturated carbocycles. The second-order valence-electron chi connectivity index (χ2n) is 5.90. The lowest BCUT2D eigenvalue weighted by Gasteiger charge is -2.16. The lowest BCUT2D eigenvalue weighted by atomic mass is 10.2. The van der Waals surface area contributed by atoms with E-state index >= 15 is 0 Å². The van der Waals surface area contributed by atoms with E-state index in [0.29, 0.717) is 34.0 Å². The molecule has 2 aromatic carbocycles. The molecule has 0 bridgehead atoms. The third-order valence-corrected chi connectivity index (χ3v) is 4.60. The summed E-state index contributed by atoms with van der Waals surface area (Å²) in [5.41, 5.74) is 1.77. The van der Waals surface area contributed by atoms with E-state index in [0.717, 1.165) is 4.47 Å². The first-order valence-electron chi connectivity index (χ1n) is 8.56. The summed E-state index contributed by atoms with van der Waals surface area (Å²) in [7, 11) is 2.95. The van der Waals surface area contributed by atoms with Crippen LogP contribution in [0.3, 0.4) is 0 Å². The van der Waals surface area contributed by atoms with Gasteiger partial charge < -0.3 is 20.1 Å². The van der Waals surface area contributed by atoms with E-state index in [1.54, 1.807) is 48.5 Å². The molecule has 0 atom stereocenters. The smallest absolute Gasteiger partial charge is 0.255 e. The normalized spacial score (nSPS) is 10.2. The number of amides is 2. The summed E-state index contributed by atoms with van der Waals surface area (Å²) in [5.74, 6) is 0.131. The summed E-state index contributed by atoms with van der Waals surface area (Å²) < 4.78 is 11.7. The van der Waals surface area contributed by atoms with E-state index in [1.807, 2.05) is 0 Å². The molecular formula is C21H18BrN3O4. The fourth-order valence-corrected chi connectivity index (χ4v) is 2.85. The third kappa shape index (κ3) is 4.91. The molecule has 1 aromatic heterocycles. The predicted molar refractivity (Wildman–Crippen MR) is 114 cm³/mol. The third-order valence-electron chi connectivity index (χ3n) is 4.07. The zero-order chi connectivity index (χ0) is 20.8. The first-order chi connectivity index (χ1) is 14.0. The Morgan fingerprint density at radius 1 is 0.793 bits per heavy atom. The summed E-state index contributed by atoms with van der Waals surface area (Å²) in [4.78, 5) is 28.9. The van der Waals surface area contributed by atoms with Gasteiger partial charge in [0.25, 0.3) is 11.8 Å². The Morgan fingerprint density at radius 2 is 1.24 bits per heavy atom. The van der Waals surface area contributed by atoms with Gasteiger partial charge in [-0.25, -0.2) is 0 Å². The molecule has 0 spiro atoms. The number of nitrogens with zero attached hydrogens (tertiary/aromatic N) is 1. The van der Waals surface area contributed by atoms with Crippen LogP contribution in [-0.2, 0) is 0 Å². The van der Waals surface area contributed by atoms with Crippen molar-refractivity contribution >= 4 is 39.1 Å². The number of hydrogen-bond donors (Lipinski definition) is 2. The van der Waals surface area contributed by atoms with E-state index in [-0.39, 0.29) is 11.8 Å². The highest BCUT2D eigenvalue weighted by molar-refractivity contribution is 9.10. The minimum absolute atomic E-state index is 0.300. The quantitative estimate of drug-likeness (QED) is 0.575. The number of benzene rings is 2. The van der Waals surface area contributed by atoms with Crippen LogP contribution in [0.25, 0.3) is 0 Å². The molecule has 0 aliphatic heterocycles. The number of carbonyl (C=O) groups is 2. The SMILES string of the molecule is COc1cc(NC(=O)c2ccc(Br)cc2)c(OC)cc1NC(=O)c1ccncc1. The molecule has 148 valence electrons. The van der Waals surface area contributed by atoms with Gasteiger partial charge in [0.2, 0.25) is 0 Å². The lowest BCUT2D eigenvalue weighted by Crippen LogP contribution is -2.15. The van der Waals surface area contributed by atoms with Crippen LogP contribution in [0.5, 0.6) is 11.5 Å². The fraction of sp³-hybridized carbons (Fsp3) is 0.0952. The average Bonchev–Trinajstić information content (AvgIpc) is 2.75. The van der Waals surface area contributed by atoms with E-state index < -0.39 is 0 Å². The van der Waals surface area contributed by atoms with E-state index in [4.69, 9.17) is 9.47 Å². The van der Waals surface area contributed by atoms with Crippen molar-refractivity contribution < 1.29 is 19.1 Å². The number of nitrogens with one attached hydrogen (secondary N) is 2. The Bertz CT molecular complexity index is 1020. The molecule has 0 aliphatic carbocycles. The van der Waals surface area contributed by atoms with Gasteiger partial charge in [0, 0.05) is 40.1 Å². The minimum Gasteiger partial charge on any atom is -0.494 e. The van der Waals surface area contributed by atoms with Crippen LogP contribution in [0.2, 0.25) is 0 Å². The van der Waals surface area contributed by atoms with Gasteiger partial charge in [-0.15, -0.1) is 0 Å². The second-order valence-corrected chi connectivity index (χ2v) is 6.82. The van der Waals surface area contributed by atoms with Gasteiger partial charge in [-0.2, -0.15) is 0 Å². The summed E-state index contributed by atoms with van der Waals surface area (Å²) in [6.07, 6.45) is 3.07. The number of hydrogen-bond acceptors (Lipinski definition) is 5. The Balaban J connectivity index is 1.86. The standard InChI is InChI=1S/C21H18BrN3O4/c1-28-18-12-17(25-21(27)14-7-9-23-10-8-14)19(29-2)11-16(18)24-20(26)13-3-5-15(22)6-4-13/h3-12H,1-2H3,(H,24,26)(H,25,27). The summed E-state index contributed by atoms with van der Waals surface area (Å²) in [5, 5.41) is 5.59. The lowest BCUT2D eigenvalue weighted by molar-refractivity contribution is 0.101. The van der Waals surface area contributed by atoms with Gasteiger partial charge in [0.05, 0.1) is 25.6 Å². The number of ether oxygens (including phenoxy) is 2. The number of methoxy groups -OCH3 is 2. The van der Waals surface area contributed by atoms with Crippen molar-refractivity contribution in [2.75, 3.05) is 24.9 Å². The van der Waals surface area contributed by atoms with Crippen LogP contribution in [-0.4, -0.2) is 31.0 Å². The van der Waals surface area contributed by atoms with Crippen molar-refractivity contribution in [3.63, 3.8) is 0 Å². The average molecular weight is 456 g/mol. The molecule has 29 heavy (non-hydrogen) atoms. The molecule has 0 saturated heterocycles. The minimum atomic E-state index is -0.320. The summed E-state index contributed by atoms with van der Waals surface area (Å²) in [6, 6.07) is 13.4. The molecule has 0 aliphatic rings. The van der Waals surface area contributed by atoms with Crippen molar-refractivity contribution in [1.29, 1.82) is 0 Å². The number of anilines is 2. The maximum Gasteiger partial charge on any atom is 0.255 e. The molecule has 1 heterocycles. The molecule has 3 rings (SSSR count). The first-order valence-corrected chi connectivity index (χ1v) is 9.35. The number of halogens is 1. The van der Waals surface area contributed by atoms with Gasteiger partial charge in [-0.3, -0.25) is 14.6 Å². The second kappa shape index (κ2) is 9.20. The zero-order valence-electron chi connectivity index (χ0n) is 15.7. The highest BCUT2D eigenvalue weighted by atomic mass is 79.9. The van der Waals surface area contributed by atoms with E-state index in [2.05, 4.69) is 31.5 Å². The van der Waals surface area contributed by atoms with E-state index in [9.17, 15) is 9.59 Å². The topological polar surface area (TPSA) is 89.5 Å². The fourth-order valence-electron chi connectivity index (χ4n) is 2.59.